The minimum Gasteiger partial charge on any atom is -0.343 e. The fraction of sp³-hybridized carbons (Fsp3) is 0.600. The number of carbonyl (C=O) groups excluding carboxylic acids is 3. The number of aromatic nitrogens is 2. The molecule has 34 heavy (non-hydrogen) atoms. The van der Waals surface area contributed by atoms with Gasteiger partial charge >= 0.3 is 0 Å². The Balaban J connectivity index is 1.42. The van der Waals surface area contributed by atoms with Gasteiger partial charge in [0.25, 0.3) is 5.91 Å². The maximum absolute atomic E-state index is 13.5. The molecule has 1 saturated heterocycles. The first kappa shape index (κ1) is 24.2. The number of aryl methyl sites for hydroxylation is 1. The van der Waals surface area contributed by atoms with Gasteiger partial charge in [-0.1, -0.05) is 19.3 Å². The van der Waals surface area contributed by atoms with Crippen molar-refractivity contribution in [3.05, 3.63) is 35.7 Å². The monoisotopic (exact) mass is 468 g/mol. The van der Waals surface area contributed by atoms with E-state index in [2.05, 4.69) is 15.7 Å². The van der Waals surface area contributed by atoms with E-state index in [1.165, 1.54) is 6.42 Å². The number of hydrogen-bond donors (Lipinski definition) is 2. The number of rotatable bonds is 6. The molecule has 1 saturated carbocycles. The van der Waals surface area contributed by atoms with E-state index in [4.69, 9.17) is 0 Å². The second kappa shape index (κ2) is 10.5. The molecule has 4 rings (SSSR count). The first-order chi connectivity index (χ1) is 16.4. The zero-order valence-corrected chi connectivity index (χ0v) is 20.4. The summed E-state index contributed by atoms with van der Waals surface area (Å²) in [5, 5.41) is 10.2. The standard InChI is InChI=1S/C25H36N6O3/c1-17-16-31-20(9-10-27-31)15-21(17)24(33)29-11-13-30(14-12-29)25(34)22(19-7-5-4-6-8-19)28-23(32)18(2)26-3/h9-10,15-16,18-19,22,26H,4-8,11-14H2,1-3H3,(H,28,32)/t18-,22-/m0/s1. The topological polar surface area (TPSA) is 99.0 Å². The minimum absolute atomic E-state index is 0.0201. The fourth-order valence-electron chi connectivity index (χ4n) is 5.05. The second-order valence-electron chi connectivity index (χ2n) is 9.58. The molecule has 2 N–H and O–H groups in total. The van der Waals surface area contributed by atoms with Crippen molar-refractivity contribution in [1.82, 2.24) is 30.0 Å². The lowest BCUT2D eigenvalue weighted by molar-refractivity contribution is -0.140. The molecule has 3 heterocycles. The lowest BCUT2D eigenvalue weighted by Crippen LogP contribution is -2.59. The van der Waals surface area contributed by atoms with Gasteiger partial charge in [0.2, 0.25) is 11.8 Å². The lowest BCUT2D eigenvalue weighted by Gasteiger charge is -2.39. The van der Waals surface area contributed by atoms with Crippen LogP contribution >= 0.6 is 0 Å². The zero-order chi connectivity index (χ0) is 24.2. The van der Waals surface area contributed by atoms with Gasteiger partial charge in [0.1, 0.15) is 6.04 Å². The molecule has 9 nitrogen and oxygen atoms in total. The third-order valence-corrected chi connectivity index (χ3v) is 7.35. The van der Waals surface area contributed by atoms with Gasteiger partial charge in [0, 0.05) is 44.1 Å². The average molecular weight is 469 g/mol. The molecular weight excluding hydrogens is 432 g/mol. The number of carbonyl (C=O) groups is 3. The van der Waals surface area contributed by atoms with Crippen molar-refractivity contribution in [3.8, 4) is 0 Å². The van der Waals surface area contributed by atoms with Crippen LogP contribution < -0.4 is 10.6 Å². The van der Waals surface area contributed by atoms with Crippen LogP contribution in [-0.2, 0) is 9.59 Å². The summed E-state index contributed by atoms with van der Waals surface area (Å²) in [6.07, 6.45) is 8.87. The number of piperazine rings is 1. The number of fused-ring (bicyclic) bond motifs is 1. The number of nitrogens with one attached hydrogen (secondary N) is 2. The molecule has 184 valence electrons. The molecule has 3 amide bonds. The Labute approximate surface area is 200 Å². The summed E-state index contributed by atoms with van der Waals surface area (Å²) < 4.78 is 1.76. The smallest absolute Gasteiger partial charge is 0.254 e. The number of nitrogens with zero attached hydrogens (tertiary/aromatic N) is 4. The highest BCUT2D eigenvalue weighted by Crippen LogP contribution is 2.28. The van der Waals surface area contributed by atoms with Crippen LogP contribution in [-0.4, -0.2) is 82.4 Å². The molecule has 1 aliphatic carbocycles. The molecule has 2 aromatic rings. The Morgan fingerprint density at radius 1 is 1.06 bits per heavy atom. The Kier molecular flexibility index (Phi) is 7.50. The predicted octanol–water partition coefficient (Wildman–Crippen LogP) is 1.60. The van der Waals surface area contributed by atoms with E-state index in [1.54, 1.807) is 24.7 Å². The molecule has 0 aromatic carbocycles. The minimum atomic E-state index is -0.502. The molecule has 0 bridgehead atoms. The summed E-state index contributed by atoms with van der Waals surface area (Å²) in [6, 6.07) is 2.89. The third-order valence-electron chi connectivity index (χ3n) is 7.35. The van der Waals surface area contributed by atoms with Gasteiger partial charge in [-0.2, -0.15) is 5.10 Å². The number of amides is 3. The van der Waals surface area contributed by atoms with Crippen LogP contribution in [0.2, 0.25) is 0 Å². The second-order valence-corrected chi connectivity index (χ2v) is 9.58. The Hall–Kier alpha value is -2.94. The summed E-state index contributed by atoms with van der Waals surface area (Å²) in [4.78, 5) is 43.0. The largest absolute Gasteiger partial charge is 0.343 e. The number of hydrogen-bond acceptors (Lipinski definition) is 5. The van der Waals surface area contributed by atoms with Crippen LogP contribution in [0.3, 0.4) is 0 Å². The molecule has 2 aliphatic rings. The van der Waals surface area contributed by atoms with Gasteiger partial charge in [0.15, 0.2) is 0 Å². The van der Waals surface area contributed by atoms with E-state index in [9.17, 15) is 14.4 Å². The van der Waals surface area contributed by atoms with Crippen molar-refractivity contribution >= 4 is 23.2 Å². The van der Waals surface area contributed by atoms with Crippen molar-refractivity contribution < 1.29 is 14.4 Å². The maximum atomic E-state index is 13.5. The third kappa shape index (κ3) is 5.09. The van der Waals surface area contributed by atoms with Crippen LogP contribution in [0.5, 0.6) is 0 Å². The summed E-state index contributed by atoms with van der Waals surface area (Å²) in [7, 11) is 1.74. The van der Waals surface area contributed by atoms with Gasteiger partial charge in [-0.3, -0.25) is 14.4 Å². The van der Waals surface area contributed by atoms with Gasteiger partial charge < -0.3 is 20.4 Å². The van der Waals surface area contributed by atoms with Crippen molar-refractivity contribution in [2.24, 2.45) is 5.92 Å². The van der Waals surface area contributed by atoms with Gasteiger partial charge in [0.05, 0.1) is 11.6 Å². The molecular formula is C25H36N6O3. The molecule has 0 radical (unpaired) electrons. The van der Waals surface area contributed by atoms with E-state index >= 15 is 0 Å². The highest BCUT2D eigenvalue weighted by atomic mass is 16.2. The highest BCUT2D eigenvalue weighted by Gasteiger charge is 2.36. The van der Waals surface area contributed by atoms with Crippen LogP contribution in [0.4, 0.5) is 0 Å². The molecule has 0 unspecified atom stereocenters. The molecule has 2 atom stereocenters. The summed E-state index contributed by atoms with van der Waals surface area (Å²) in [6.45, 7) is 5.61. The number of likely N-dealkylation sites (N-methyl/N-ethyl adjacent to an activating group) is 1. The number of pyridine rings is 1. The fourth-order valence-corrected chi connectivity index (χ4v) is 5.05. The van der Waals surface area contributed by atoms with E-state index < -0.39 is 6.04 Å². The molecule has 2 aromatic heterocycles. The van der Waals surface area contributed by atoms with Crippen molar-refractivity contribution in [1.29, 1.82) is 0 Å². The van der Waals surface area contributed by atoms with Crippen LogP contribution in [0.25, 0.3) is 5.52 Å². The first-order valence-electron chi connectivity index (χ1n) is 12.4. The summed E-state index contributed by atoms with van der Waals surface area (Å²) >= 11 is 0. The average Bonchev–Trinajstić information content (AvgIpc) is 3.33. The van der Waals surface area contributed by atoms with Crippen molar-refractivity contribution in [2.45, 2.75) is 58.0 Å². The van der Waals surface area contributed by atoms with E-state index in [-0.39, 0.29) is 29.7 Å². The maximum Gasteiger partial charge on any atom is 0.254 e. The van der Waals surface area contributed by atoms with Crippen molar-refractivity contribution in [2.75, 3.05) is 33.2 Å². The molecule has 2 fully saturated rings. The predicted molar refractivity (Wildman–Crippen MR) is 129 cm³/mol. The summed E-state index contributed by atoms with van der Waals surface area (Å²) in [5.74, 6) is -0.0225. The normalized spacial score (nSPS) is 19.1. The Morgan fingerprint density at radius 3 is 2.41 bits per heavy atom. The lowest BCUT2D eigenvalue weighted by atomic mass is 9.83. The van der Waals surface area contributed by atoms with Gasteiger partial charge in [-0.15, -0.1) is 0 Å². The SMILES string of the molecule is CN[C@@H](C)C(=O)N[C@H](C(=O)N1CCN(C(=O)c2cc3ccnn3cc2C)CC1)C1CCCCC1. The Morgan fingerprint density at radius 2 is 1.74 bits per heavy atom. The van der Waals surface area contributed by atoms with Crippen LogP contribution in [0, 0.1) is 12.8 Å². The molecule has 9 heteroatoms. The molecule has 0 spiro atoms. The van der Waals surface area contributed by atoms with Gasteiger partial charge in [-0.25, -0.2) is 4.52 Å². The van der Waals surface area contributed by atoms with Crippen LogP contribution in [0.1, 0.15) is 54.9 Å². The van der Waals surface area contributed by atoms with E-state index in [1.807, 2.05) is 35.1 Å². The van der Waals surface area contributed by atoms with Gasteiger partial charge in [-0.05, 0) is 57.4 Å². The molecule has 1 aliphatic heterocycles. The van der Waals surface area contributed by atoms with E-state index in [0.29, 0.717) is 31.7 Å². The quantitative estimate of drug-likeness (QED) is 0.671. The van der Waals surface area contributed by atoms with Crippen molar-refractivity contribution in [3.63, 3.8) is 0 Å². The first-order valence-corrected chi connectivity index (χ1v) is 12.4. The van der Waals surface area contributed by atoms with Crippen LogP contribution in [0.15, 0.2) is 24.5 Å². The van der Waals surface area contributed by atoms with E-state index in [0.717, 1.165) is 36.8 Å². The highest BCUT2D eigenvalue weighted by molar-refractivity contribution is 5.97. The Bertz CT molecular complexity index is 1040. The zero-order valence-electron chi connectivity index (χ0n) is 20.4. The summed E-state index contributed by atoms with van der Waals surface area (Å²) in [5.41, 5.74) is 2.42.